The molecule has 0 radical (unpaired) electrons. The van der Waals surface area contributed by atoms with Gasteiger partial charge in [-0.3, -0.25) is 39.1 Å². The van der Waals surface area contributed by atoms with Gasteiger partial charge in [-0.1, -0.05) is 87.2 Å². The van der Waals surface area contributed by atoms with Gasteiger partial charge in [0.15, 0.2) is 0 Å². The number of piperazine rings is 2. The Labute approximate surface area is 730 Å². The van der Waals surface area contributed by atoms with Crippen LogP contribution in [0.4, 0.5) is 14.4 Å². The highest BCUT2D eigenvalue weighted by atomic mass is 79.9. The van der Waals surface area contributed by atoms with Gasteiger partial charge in [-0.2, -0.15) is 0 Å². The van der Waals surface area contributed by atoms with E-state index in [-0.39, 0.29) is 66.2 Å². The molecule has 6 fully saturated rings. The number of nitrogens with zero attached hydrogens (tertiary/aromatic N) is 13. The summed E-state index contributed by atoms with van der Waals surface area (Å²) in [6.45, 7) is 21.6. The molecule has 0 spiro atoms. The number of alkyl carbamates (subject to hydrolysis) is 1. The highest BCUT2D eigenvalue weighted by Crippen LogP contribution is 2.50. The second kappa shape index (κ2) is 37.2. The van der Waals surface area contributed by atoms with Gasteiger partial charge in [-0.05, 0) is 237 Å². The van der Waals surface area contributed by atoms with E-state index in [2.05, 4.69) is 154 Å². The third-order valence-corrected chi connectivity index (χ3v) is 26.7. The van der Waals surface area contributed by atoms with Crippen molar-refractivity contribution >= 4 is 103 Å². The number of nitrogens with one attached hydrogen (secondary N) is 2. The van der Waals surface area contributed by atoms with Gasteiger partial charge in [-0.15, -0.1) is 0 Å². The molecule has 638 valence electrons. The molecular weight excluding hydrogens is 1680 g/mol. The quantitative estimate of drug-likeness (QED) is 0.0852. The lowest BCUT2D eigenvalue weighted by molar-refractivity contribution is -0.134. The predicted octanol–water partition coefficient (Wildman–Crippen LogP) is 15.5. The van der Waals surface area contributed by atoms with Crippen LogP contribution in [0.25, 0.3) is 23.3 Å². The van der Waals surface area contributed by atoms with Crippen LogP contribution in [0, 0.1) is 25.7 Å². The van der Waals surface area contributed by atoms with Crippen LogP contribution in [-0.4, -0.2) is 209 Å². The Kier molecular flexibility index (Phi) is 26.5. The molecule has 25 nitrogen and oxygen atoms in total. The minimum Gasteiger partial charge on any atom is -0.447 e. The van der Waals surface area contributed by atoms with E-state index in [1.165, 1.54) is 29.5 Å². The number of imidazole rings is 2. The van der Waals surface area contributed by atoms with Gasteiger partial charge in [0, 0.05) is 152 Å². The topological polar surface area (TPSA) is 257 Å². The molecule has 28 heteroatoms. The van der Waals surface area contributed by atoms with Crippen molar-refractivity contribution in [1.82, 2.24) is 74.1 Å². The van der Waals surface area contributed by atoms with Crippen molar-refractivity contribution in [2.75, 3.05) is 92.3 Å². The van der Waals surface area contributed by atoms with E-state index in [4.69, 9.17) is 45.5 Å². The van der Waals surface area contributed by atoms with Crippen molar-refractivity contribution in [3.8, 4) is 0 Å². The van der Waals surface area contributed by atoms with Gasteiger partial charge >= 0.3 is 18.3 Å². The molecule has 5 atom stereocenters. The van der Waals surface area contributed by atoms with Crippen molar-refractivity contribution in [2.45, 2.75) is 166 Å². The molecule has 5 aliphatic carbocycles. The number of benzene rings is 3. The number of ether oxygens (including phenoxy) is 4. The minimum absolute atomic E-state index is 0.0490. The number of amides is 6. The number of aromatic nitrogens is 7. The molecule has 2 N–H and O–H groups in total. The summed E-state index contributed by atoms with van der Waals surface area (Å²) in [6, 6.07) is 26.1. The molecule has 6 amide bonds. The molecular formula is C93H110Br2ClN15O10. The number of methoxy groups -OCH3 is 1. The summed E-state index contributed by atoms with van der Waals surface area (Å²) in [6.07, 6.45) is 25.7. The fraction of sp³-hybridized carbons (Fsp3) is 0.473. The van der Waals surface area contributed by atoms with Gasteiger partial charge in [-0.25, -0.2) is 24.4 Å². The summed E-state index contributed by atoms with van der Waals surface area (Å²) < 4.78 is 28.1. The number of hydrogen-bond acceptors (Lipinski definition) is 17. The molecule has 121 heavy (non-hydrogen) atoms. The van der Waals surface area contributed by atoms with Crippen LogP contribution >= 0.6 is 43.5 Å². The van der Waals surface area contributed by atoms with Crippen LogP contribution in [0.2, 0.25) is 5.02 Å². The lowest BCUT2D eigenvalue weighted by Crippen LogP contribution is -2.50. The number of carbonyl (C=O) groups is 6. The van der Waals surface area contributed by atoms with E-state index in [1.807, 2.05) is 97.5 Å². The SMILES string of the molecule is CC(=O)N1CCC(CC(=O)N2CCC(C3c4ncc(Br)cc4CCc4cc(Cl)cc(Br)c43)CC2)CC1.COCC(=O)N[C@H](C1=Cc2cccnc2[C@@H](N2CCN(C(=O)OC(C)C)CC2)c2ccc(C)cc21)c1cncn1C.Cc1ccc2c(c1)C([C@@H](NC(=O)OC1(C)CC1)c1cncn1C)=Cc1cccnc1[C@H]2N1CCN(C(=O)OC2(C)CC2)CC1. The standard InChI is InChI=1S/C34H40N6O4.C31H38N6O4.C28H32Br2ClN3O2/c1-22-7-8-24-25(18-22)26(29(27-20-35-21-38(27)4)37-31(41)43-33(2)9-10-33)19-23-6-5-13-36-28(23)30(24)39-14-16-40(17-15-39)32(42)44-34(3)11-12-34;1-20(2)41-31(39)37-13-11-36(12-14-37)30-23-9-8-21(3)15-24(23)25(16-22-7-6-10-33-28(22)30)29(34-27(38)18-40-5)26-17-32-19-35(26)4;1-17(35)33-8-4-18(5-9-33)12-25(36)34-10-6-19(7-11-34)27-26-20(14-23(31)15-24(26)30)2-3-21-13-22(29)16-32-28(21)27/h5-8,13,18-21,29-30H,9-12,14-17H2,1-4H3,(H,37,41);6-10,15-17,19-20,29-30H,11-14,18H2,1-5H3,(H,34,38);13-16,18-19,27H,2-12H2,1H3/t2*29-,30+;/m11./s1. The van der Waals surface area contributed by atoms with Gasteiger partial charge in [0.1, 0.15) is 17.8 Å². The van der Waals surface area contributed by atoms with Crippen molar-refractivity contribution in [2.24, 2.45) is 25.9 Å². The molecule has 9 heterocycles. The Bertz CT molecular complexity index is 5240. The van der Waals surface area contributed by atoms with Crippen LogP contribution in [-0.2, 0) is 60.3 Å². The number of carbonyl (C=O) groups excluding carboxylic acids is 6. The lowest BCUT2D eigenvalue weighted by atomic mass is 9.76. The molecule has 8 aromatic rings. The fourth-order valence-electron chi connectivity index (χ4n) is 18.3. The van der Waals surface area contributed by atoms with E-state index >= 15 is 0 Å². The first-order chi connectivity index (χ1) is 58.2. The van der Waals surface area contributed by atoms with E-state index in [0.29, 0.717) is 70.6 Å². The van der Waals surface area contributed by atoms with Crippen molar-refractivity contribution in [1.29, 1.82) is 0 Å². The summed E-state index contributed by atoms with van der Waals surface area (Å²) in [5, 5.41) is 7.15. The number of likely N-dealkylation sites (tertiary alicyclic amines) is 2. The number of fused-ring (bicyclic) bond motifs is 6. The highest BCUT2D eigenvalue weighted by molar-refractivity contribution is 9.10. The molecule has 0 bridgehead atoms. The van der Waals surface area contributed by atoms with E-state index in [9.17, 15) is 28.8 Å². The monoisotopic (exact) mass is 1790 g/mol. The van der Waals surface area contributed by atoms with Crippen LogP contribution in [0.5, 0.6) is 0 Å². The second-order valence-electron chi connectivity index (χ2n) is 34.7. The zero-order valence-electron chi connectivity index (χ0n) is 70.8. The highest BCUT2D eigenvalue weighted by Gasteiger charge is 2.46. The number of piperidine rings is 2. The summed E-state index contributed by atoms with van der Waals surface area (Å²) in [7, 11) is 5.37. The molecule has 2 saturated carbocycles. The number of rotatable bonds is 16. The largest absolute Gasteiger partial charge is 0.447 e. The number of aryl methyl sites for hydroxylation is 6. The van der Waals surface area contributed by atoms with Crippen LogP contribution in [0.1, 0.15) is 212 Å². The third kappa shape index (κ3) is 19.9. The zero-order valence-corrected chi connectivity index (χ0v) is 74.7. The van der Waals surface area contributed by atoms with E-state index in [1.54, 1.807) is 36.9 Å². The number of pyridine rings is 3. The Morgan fingerprint density at radius 2 is 1.11 bits per heavy atom. The molecule has 4 aliphatic heterocycles. The van der Waals surface area contributed by atoms with Crippen LogP contribution in [0.3, 0.4) is 0 Å². The lowest BCUT2D eigenvalue weighted by Gasteiger charge is -2.39. The first kappa shape index (κ1) is 86.3. The Morgan fingerprint density at radius 3 is 1.62 bits per heavy atom. The minimum atomic E-state index is -0.514. The first-order valence-corrected chi connectivity index (χ1v) is 44.5. The Hall–Kier alpha value is -9.64. The molecule has 3 aromatic carbocycles. The van der Waals surface area contributed by atoms with Gasteiger partial charge in [0.2, 0.25) is 17.7 Å². The summed E-state index contributed by atoms with van der Waals surface area (Å²) >= 11 is 13.9. The number of hydrogen-bond donors (Lipinski definition) is 2. The van der Waals surface area contributed by atoms with Gasteiger partial charge in [0.05, 0.1) is 83.8 Å². The average Bonchev–Trinajstić information content (AvgIpc) is 1.64. The van der Waals surface area contributed by atoms with E-state index < -0.39 is 23.8 Å². The summed E-state index contributed by atoms with van der Waals surface area (Å²) in [5.41, 5.74) is 18.4. The maximum atomic E-state index is 13.3. The van der Waals surface area contributed by atoms with Crippen LogP contribution in [0.15, 0.2) is 131 Å². The van der Waals surface area contributed by atoms with Crippen molar-refractivity contribution in [3.05, 3.63) is 226 Å². The molecule has 5 aromatic heterocycles. The maximum Gasteiger partial charge on any atom is 0.410 e. The van der Waals surface area contributed by atoms with Crippen molar-refractivity contribution < 1.29 is 47.7 Å². The number of halogens is 3. The normalized spacial score (nSPS) is 20.3. The summed E-state index contributed by atoms with van der Waals surface area (Å²) in [4.78, 5) is 112. The van der Waals surface area contributed by atoms with Crippen molar-refractivity contribution in [3.63, 3.8) is 0 Å². The third-order valence-electron chi connectivity index (χ3n) is 25.4. The summed E-state index contributed by atoms with van der Waals surface area (Å²) in [5.74, 6) is 1.17. The van der Waals surface area contributed by atoms with Crippen LogP contribution < -0.4 is 10.6 Å². The Morgan fingerprint density at radius 1 is 0.587 bits per heavy atom. The van der Waals surface area contributed by atoms with E-state index in [0.717, 1.165) is 183 Å². The van der Waals surface area contributed by atoms with Gasteiger partial charge in [0.25, 0.3) is 0 Å². The second-order valence-corrected chi connectivity index (χ2v) is 36.9. The molecule has 1 unspecified atom stereocenters. The fourth-order valence-corrected chi connectivity index (χ4v) is 19.8. The zero-order chi connectivity index (χ0) is 85.1. The molecule has 17 rings (SSSR count). The average molecular weight is 1790 g/mol. The predicted molar refractivity (Wildman–Crippen MR) is 471 cm³/mol. The first-order valence-electron chi connectivity index (χ1n) is 42.5. The maximum absolute atomic E-state index is 13.3. The van der Waals surface area contributed by atoms with Gasteiger partial charge < -0.3 is 58.3 Å². The Balaban J connectivity index is 0.000000142. The molecule has 4 saturated heterocycles. The smallest absolute Gasteiger partial charge is 0.410 e. The molecule has 9 aliphatic rings.